The van der Waals surface area contributed by atoms with Crippen molar-refractivity contribution in [3.05, 3.63) is 0 Å². The maximum absolute atomic E-state index is 11.5. The summed E-state index contributed by atoms with van der Waals surface area (Å²) in [6.07, 6.45) is 2.85. The third kappa shape index (κ3) is 3.95. The van der Waals surface area contributed by atoms with Gasteiger partial charge in [0.2, 0.25) is 21.8 Å². The molecule has 0 bridgehead atoms. The second-order valence-electron chi connectivity index (χ2n) is 4.69. The maximum atomic E-state index is 11.5. The van der Waals surface area contributed by atoms with Gasteiger partial charge in [0.25, 0.3) is 0 Å². The standard InChI is InChI=1S/C10H19N3O4S/c1-18(16,17)13-5-4-7(2-3-9(11)14)6-8(13)10(12)15/h7-8H,2-6H2,1H3,(H2,11,14)(H2,12,15)/t7-,8+/m1/s1. The van der Waals surface area contributed by atoms with Crippen LogP contribution in [0.5, 0.6) is 0 Å². The third-order valence-electron chi connectivity index (χ3n) is 3.22. The Labute approximate surface area is 107 Å². The molecule has 1 rings (SSSR count). The molecule has 0 aliphatic carbocycles. The Hall–Kier alpha value is -1.15. The average Bonchev–Trinajstić information content (AvgIpc) is 2.24. The fraction of sp³-hybridized carbons (Fsp3) is 0.800. The van der Waals surface area contributed by atoms with Crippen molar-refractivity contribution in [1.29, 1.82) is 0 Å². The number of amides is 2. The van der Waals surface area contributed by atoms with Crippen LogP contribution < -0.4 is 11.5 Å². The van der Waals surface area contributed by atoms with Crippen LogP contribution in [-0.4, -0.2) is 43.4 Å². The molecule has 18 heavy (non-hydrogen) atoms. The minimum Gasteiger partial charge on any atom is -0.370 e. The zero-order valence-electron chi connectivity index (χ0n) is 10.3. The highest BCUT2D eigenvalue weighted by Gasteiger charge is 2.36. The minimum atomic E-state index is -3.43. The Morgan fingerprint density at radius 3 is 2.39 bits per heavy atom. The van der Waals surface area contributed by atoms with E-state index in [1.54, 1.807) is 0 Å². The van der Waals surface area contributed by atoms with Crippen molar-refractivity contribution in [2.24, 2.45) is 17.4 Å². The fourth-order valence-corrected chi connectivity index (χ4v) is 3.37. The normalized spacial score (nSPS) is 25.8. The van der Waals surface area contributed by atoms with Gasteiger partial charge in [0, 0.05) is 13.0 Å². The molecule has 0 saturated carbocycles. The molecular formula is C10H19N3O4S. The van der Waals surface area contributed by atoms with Crippen LogP contribution in [0.25, 0.3) is 0 Å². The van der Waals surface area contributed by atoms with Gasteiger partial charge in [-0.05, 0) is 25.2 Å². The number of nitrogens with zero attached hydrogens (tertiary/aromatic N) is 1. The van der Waals surface area contributed by atoms with E-state index in [2.05, 4.69) is 0 Å². The van der Waals surface area contributed by atoms with Gasteiger partial charge in [0.1, 0.15) is 6.04 Å². The summed E-state index contributed by atoms with van der Waals surface area (Å²) in [5, 5.41) is 0. The molecule has 1 fully saturated rings. The summed E-state index contributed by atoms with van der Waals surface area (Å²) < 4.78 is 24.2. The molecule has 7 nitrogen and oxygen atoms in total. The lowest BCUT2D eigenvalue weighted by atomic mass is 9.88. The van der Waals surface area contributed by atoms with E-state index in [4.69, 9.17) is 11.5 Å². The quantitative estimate of drug-likeness (QED) is 0.653. The first kappa shape index (κ1) is 14.9. The van der Waals surface area contributed by atoms with E-state index in [1.165, 1.54) is 0 Å². The van der Waals surface area contributed by atoms with Crippen molar-refractivity contribution < 1.29 is 18.0 Å². The van der Waals surface area contributed by atoms with Crippen LogP contribution in [0, 0.1) is 5.92 Å². The van der Waals surface area contributed by atoms with E-state index in [1.807, 2.05) is 0 Å². The Morgan fingerprint density at radius 2 is 1.94 bits per heavy atom. The number of carbonyl (C=O) groups excluding carboxylic acids is 2. The lowest BCUT2D eigenvalue weighted by Crippen LogP contribution is -2.52. The molecule has 0 spiro atoms. The number of carbonyl (C=O) groups is 2. The molecule has 0 unspecified atom stereocenters. The largest absolute Gasteiger partial charge is 0.370 e. The molecule has 1 aliphatic heterocycles. The first-order valence-electron chi connectivity index (χ1n) is 5.76. The van der Waals surface area contributed by atoms with Crippen molar-refractivity contribution in [3.8, 4) is 0 Å². The second kappa shape index (κ2) is 5.66. The van der Waals surface area contributed by atoms with E-state index in [-0.39, 0.29) is 18.9 Å². The molecule has 0 aromatic rings. The number of piperidine rings is 1. The van der Waals surface area contributed by atoms with Gasteiger partial charge >= 0.3 is 0 Å². The third-order valence-corrected chi connectivity index (χ3v) is 4.50. The van der Waals surface area contributed by atoms with Crippen molar-refractivity contribution in [3.63, 3.8) is 0 Å². The lowest BCUT2D eigenvalue weighted by molar-refractivity contribution is -0.123. The van der Waals surface area contributed by atoms with Gasteiger partial charge in [-0.3, -0.25) is 9.59 Å². The number of sulfonamides is 1. The Balaban J connectivity index is 2.71. The first-order valence-corrected chi connectivity index (χ1v) is 7.61. The van der Waals surface area contributed by atoms with Crippen LogP contribution in [0.2, 0.25) is 0 Å². The van der Waals surface area contributed by atoms with Crippen LogP contribution in [0.15, 0.2) is 0 Å². The fourth-order valence-electron chi connectivity index (χ4n) is 2.28. The molecule has 1 aliphatic rings. The van der Waals surface area contributed by atoms with Gasteiger partial charge < -0.3 is 11.5 Å². The molecule has 1 saturated heterocycles. The molecule has 4 N–H and O–H groups in total. The zero-order valence-corrected chi connectivity index (χ0v) is 11.1. The summed E-state index contributed by atoms with van der Waals surface area (Å²) in [7, 11) is -3.43. The predicted molar refractivity (Wildman–Crippen MR) is 65.7 cm³/mol. The molecule has 0 aromatic heterocycles. The lowest BCUT2D eigenvalue weighted by Gasteiger charge is -2.35. The van der Waals surface area contributed by atoms with E-state index >= 15 is 0 Å². The van der Waals surface area contributed by atoms with Gasteiger partial charge in [-0.1, -0.05) is 0 Å². The molecule has 0 radical (unpaired) electrons. The van der Waals surface area contributed by atoms with Gasteiger partial charge in [0.05, 0.1) is 6.26 Å². The average molecular weight is 277 g/mol. The summed E-state index contributed by atoms with van der Waals surface area (Å²) in [6, 6.07) is -0.813. The number of hydrogen-bond acceptors (Lipinski definition) is 4. The van der Waals surface area contributed by atoms with Gasteiger partial charge in [-0.15, -0.1) is 0 Å². The molecule has 104 valence electrons. The van der Waals surface area contributed by atoms with E-state index < -0.39 is 27.9 Å². The number of hydrogen-bond donors (Lipinski definition) is 2. The van der Waals surface area contributed by atoms with Crippen LogP contribution in [0.4, 0.5) is 0 Å². The molecule has 8 heteroatoms. The van der Waals surface area contributed by atoms with Gasteiger partial charge in [-0.25, -0.2) is 8.42 Å². The summed E-state index contributed by atoms with van der Waals surface area (Å²) in [5.41, 5.74) is 10.3. The maximum Gasteiger partial charge on any atom is 0.235 e. The first-order chi connectivity index (χ1) is 8.21. The highest BCUT2D eigenvalue weighted by Crippen LogP contribution is 2.28. The molecule has 2 atom stereocenters. The van der Waals surface area contributed by atoms with Crippen LogP contribution in [0.3, 0.4) is 0 Å². The summed E-state index contributed by atoms with van der Waals surface area (Å²) in [4.78, 5) is 22.0. The van der Waals surface area contributed by atoms with Crippen molar-refractivity contribution in [2.45, 2.75) is 31.7 Å². The van der Waals surface area contributed by atoms with E-state index in [0.29, 0.717) is 19.3 Å². The molecule has 0 aromatic carbocycles. The number of primary amides is 2. The Kier molecular flexibility index (Phi) is 4.69. The van der Waals surface area contributed by atoms with Crippen LogP contribution in [-0.2, 0) is 19.6 Å². The number of rotatable bonds is 5. The molecule has 2 amide bonds. The van der Waals surface area contributed by atoms with E-state index in [9.17, 15) is 18.0 Å². The highest BCUT2D eigenvalue weighted by molar-refractivity contribution is 7.88. The Morgan fingerprint density at radius 1 is 1.33 bits per heavy atom. The zero-order chi connectivity index (χ0) is 13.9. The minimum absolute atomic E-state index is 0.105. The topological polar surface area (TPSA) is 124 Å². The van der Waals surface area contributed by atoms with E-state index in [0.717, 1.165) is 10.6 Å². The predicted octanol–water partition coefficient (Wildman–Crippen LogP) is -1.22. The second-order valence-corrected chi connectivity index (χ2v) is 6.62. The SMILES string of the molecule is CS(=O)(=O)N1CC[C@@H](CCC(N)=O)C[C@H]1C(N)=O. The van der Waals surface area contributed by atoms with Crippen molar-refractivity contribution >= 4 is 21.8 Å². The Bertz CT molecular complexity index is 434. The van der Waals surface area contributed by atoms with Gasteiger partial charge in [-0.2, -0.15) is 4.31 Å². The highest BCUT2D eigenvalue weighted by atomic mass is 32.2. The summed E-state index contributed by atoms with van der Waals surface area (Å²) >= 11 is 0. The molecular weight excluding hydrogens is 258 g/mol. The van der Waals surface area contributed by atoms with Crippen LogP contribution in [0.1, 0.15) is 25.7 Å². The van der Waals surface area contributed by atoms with Gasteiger partial charge in [0.15, 0.2) is 0 Å². The molecule has 1 heterocycles. The monoisotopic (exact) mass is 277 g/mol. The van der Waals surface area contributed by atoms with Crippen molar-refractivity contribution in [2.75, 3.05) is 12.8 Å². The smallest absolute Gasteiger partial charge is 0.235 e. The number of nitrogens with two attached hydrogens (primary N) is 2. The summed E-state index contributed by atoms with van der Waals surface area (Å²) in [6.45, 7) is 0.260. The summed E-state index contributed by atoms with van der Waals surface area (Å²) in [5.74, 6) is -0.937. The van der Waals surface area contributed by atoms with Crippen molar-refractivity contribution in [1.82, 2.24) is 4.31 Å². The van der Waals surface area contributed by atoms with Crippen LogP contribution >= 0.6 is 0 Å².